The maximum Gasteiger partial charge on any atom is 0.253 e. The van der Waals surface area contributed by atoms with E-state index in [9.17, 15) is 9.59 Å². The van der Waals surface area contributed by atoms with Gasteiger partial charge in [-0.15, -0.1) is 0 Å². The van der Waals surface area contributed by atoms with Crippen LogP contribution in [0.1, 0.15) is 24.5 Å². The Bertz CT molecular complexity index is 998. The van der Waals surface area contributed by atoms with Crippen molar-refractivity contribution in [1.29, 1.82) is 0 Å². The second-order valence-electron chi connectivity index (χ2n) is 6.42. The lowest BCUT2D eigenvalue weighted by molar-refractivity contribution is -0.116. The molecule has 0 spiro atoms. The number of anilines is 1. The molecule has 0 aliphatic heterocycles. The van der Waals surface area contributed by atoms with Gasteiger partial charge in [0.2, 0.25) is 5.91 Å². The van der Waals surface area contributed by atoms with E-state index in [-0.39, 0.29) is 34.6 Å². The van der Waals surface area contributed by atoms with Crippen LogP contribution < -0.4 is 15.8 Å². The van der Waals surface area contributed by atoms with E-state index in [0.29, 0.717) is 28.3 Å². The lowest BCUT2D eigenvalue weighted by atomic mass is 10.1. The summed E-state index contributed by atoms with van der Waals surface area (Å²) in [5.41, 5.74) is 7.98. The number of nitrogens with zero attached hydrogens (tertiary/aromatic N) is 2. The van der Waals surface area contributed by atoms with E-state index >= 15 is 0 Å². The molecule has 2 aromatic rings. The largest absolute Gasteiger partial charge is 0.497 e. The summed E-state index contributed by atoms with van der Waals surface area (Å²) in [6.07, 6.45) is 0.0364. The first-order valence-electron chi connectivity index (χ1n) is 9.09. The molecule has 0 aromatic heterocycles. The van der Waals surface area contributed by atoms with E-state index in [1.807, 2.05) is 0 Å². The fourth-order valence-corrected chi connectivity index (χ4v) is 3.32. The van der Waals surface area contributed by atoms with E-state index in [4.69, 9.17) is 38.5 Å². The number of nitrogens with one attached hydrogen (secondary N) is 1. The Labute approximate surface area is 190 Å². The summed E-state index contributed by atoms with van der Waals surface area (Å²) in [6.45, 7) is 1.35. The Morgan fingerprint density at radius 3 is 2.23 bits per heavy atom. The van der Waals surface area contributed by atoms with Gasteiger partial charge >= 0.3 is 0 Å². The van der Waals surface area contributed by atoms with Crippen LogP contribution in [-0.2, 0) is 20.8 Å². The predicted octanol–water partition coefficient (Wildman–Crippen LogP) is 3.83. The first-order chi connectivity index (χ1) is 14.7. The monoisotopic (exact) mass is 464 g/mol. The smallest absolute Gasteiger partial charge is 0.253 e. The van der Waals surface area contributed by atoms with Crippen molar-refractivity contribution in [3.8, 4) is 5.75 Å². The topological polar surface area (TPSA) is 115 Å². The minimum Gasteiger partial charge on any atom is -0.497 e. The Hall–Kier alpha value is -3.10. The minimum absolute atomic E-state index is 0.0795. The molecule has 0 fully saturated rings. The lowest BCUT2D eigenvalue weighted by Crippen LogP contribution is -2.19. The van der Waals surface area contributed by atoms with Crippen LogP contribution in [0.3, 0.4) is 0 Å². The van der Waals surface area contributed by atoms with Crippen molar-refractivity contribution >= 4 is 52.3 Å². The average Bonchev–Trinajstić information content (AvgIpc) is 2.70. The van der Waals surface area contributed by atoms with E-state index in [1.165, 1.54) is 14.0 Å². The molecular weight excluding hydrogens is 443 g/mol. The van der Waals surface area contributed by atoms with Crippen molar-refractivity contribution in [1.82, 2.24) is 0 Å². The number of carbonyl (C=O) groups is 2. The summed E-state index contributed by atoms with van der Waals surface area (Å²) in [6, 6.07) is 10.2. The number of rotatable bonds is 8. The standard InChI is InChI=1S/C21H22Cl2N4O4/c1-12(28)25-21-16(22)8-13(9-17(21)23)10-19(24)26-20(29)11-18(27-31-3)14-4-6-15(30-2)7-5-14/h4-9H,10-11H2,1-3H3,(H,25,28)(H2,24,26,29)/b27-18-. The number of benzene rings is 2. The van der Waals surface area contributed by atoms with Gasteiger partial charge in [-0.3, -0.25) is 9.59 Å². The number of oxime groups is 1. The van der Waals surface area contributed by atoms with Crippen molar-refractivity contribution in [3.05, 3.63) is 57.6 Å². The van der Waals surface area contributed by atoms with E-state index in [1.54, 1.807) is 43.5 Å². The molecule has 0 saturated carbocycles. The number of hydrogen-bond acceptors (Lipinski definition) is 5. The maximum absolute atomic E-state index is 12.4. The lowest BCUT2D eigenvalue weighted by Gasteiger charge is -2.10. The van der Waals surface area contributed by atoms with Gasteiger partial charge in [0.15, 0.2) is 0 Å². The molecule has 31 heavy (non-hydrogen) atoms. The number of methoxy groups -OCH3 is 1. The van der Waals surface area contributed by atoms with Gasteiger partial charge in [0, 0.05) is 18.9 Å². The minimum atomic E-state index is -0.490. The van der Waals surface area contributed by atoms with Crippen molar-refractivity contribution in [2.45, 2.75) is 19.8 Å². The number of aliphatic imine (C=N–C) groups is 1. The third-order valence-corrected chi connectivity index (χ3v) is 4.60. The zero-order valence-corrected chi connectivity index (χ0v) is 18.8. The summed E-state index contributed by atoms with van der Waals surface area (Å²) in [4.78, 5) is 32.4. The first-order valence-corrected chi connectivity index (χ1v) is 9.85. The number of amides is 2. The summed E-state index contributed by atoms with van der Waals surface area (Å²) in [7, 11) is 2.96. The Balaban J connectivity index is 2.12. The van der Waals surface area contributed by atoms with Crippen LogP contribution >= 0.6 is 23.2 Å². The summed E-state index contributed by atoms with van der Waals surface area (Å²) in [5.74, 6) is -0.0309. The van der Waals surface area contributed by atoms with Gasteiger partial charge in [-0.25, -0.2) is 4.99 Å². The highest BCUT2D eigenvalue weighted by molar-refractivity contribution is 6.39. The normalized spacial score (nSPS) is 11.8. The molecule has 10 heteroatoms. The zero-order chi connectivity index (χ0) is 23.0. The van der Waals surface area contributed by atoms with Crippen LogP contribution in [0.2, 0.25) is 10.0 Å². The highest BCUT2D eigenvalue weighted by Gasteiger charge is 2.13. The van der Waals surface area contributed by atoms with Gasteiger partial charge in [0.1, 0.15) is 18.7 Å². The van der Waals surface area contributed by atoms with Gasteiger partial charge in [-0.2, -0.15) is 0 Å². The molecule has 0 atom stereocenters. The van der Waals surface area contributed by atoms with Crippen LogP contribution in [0.15, 0.2) is 46.5 Å². The third kappa shape index (κ3) is 7.27. The van der Waals surface area contributed by atoms with Crippen LogP contribution in [-0.4, -0.2) is 37.6 Å². The highest BCUT2D eigenvalue weighted by Crippen LogP contribution is 2.32. The predicted molar refractivity (Wildman–Crippen MR) is 122 cm³/mol. The van der Waals surface area contributed by atoms with Crippen molar-refractivity contribution in [2.75, 3.05) is 19.5 Å². The maximum atomic E-state index is 12.4. The summed E-state index contributed by atoms with van der Waals surface area (Å²) in [5, 5.41) is 6.98. The third-order valence-electron chi connectivity index (χ3n) is 4.00. The quantitative estimate of drug-likeness (QED) is 0.349. The Morgan fingerprint density at radius 1 is 1.10 bits per heavy atom. The number of ether oxygens (including phenoxy) is 1. The molecule has 2 aromatic carbocycles. The van der Waals surface area contributed by atoms with E-state index in [0.717, 1.165) is 0 Å². The Morgan fingerprint density at radius 2 is 1.71 bits per heavy atom. The number of carbonyl (C=O) groups excluding carboxylic acids is 2. The van der Waals surface area contributed by atoms with Crippen molar-refractivity contribution < 1.29 is 19.2 Å². The molecule has 0 bridgehead atoms. The summed E-state index contributed by atoms with van der Waals surface area (Å²) < 4.78 is 5.13. The highest BCUT2D eigenvalue weighted by atomic mass is 35.5. The summed E-state index contributed by atoms with van der Waals surface area (Å²) >= 11 is 12.4. The molecule has 164 valence electrons. The van der Waals surface area contributed by atoms with Crippen molar-refractivity contribution in [2.24, 2.45) is 15.9 Å². The number of hydrogen-bond donors (Lipinski definition) is 2. The Kier molecular flexibility index (Phi) is 8.84. The molecular formula is C21H22Cl2N4O4. The second kappa shape index (κ2) is 11.3. The molecule has 0 aliphatic carbocycles. The first kappa shape index (κ1) is 24.2. The van der Waals surface area contributed by atoms with Crippen LogP contribution in [0.25, 0.3) is 0 Å². The van der Waals surface area contributed by atoms with Gasteiger partial charge < -0.3 is 20.6 Å². The number of halogens is 2. The fraction of sp³-hybridized carbons (Fsp3) is 0.238. The van der Waals surface area contributed by atoms with Gasteiger partial charge in [0.05, 0.1) is 35.0 Å². The van der Waals surface area contributed by atoms with E-state index < -0.39 is 5.91 Å². The number of amidine groups is 1. The van der Waals surface area contributed by atoms with Crippen LogP contribution in [0.4, 0.5) is 5.69 Å². The fourth-order valence-electron chi connectivity index (χ4n) is 2.70. The number of nitrogens with two attached hydrogens (primary N) is 1. The molecule has 8 nitrogen and oxygen atoms in total. The molecule has 2 rings (SSSR count). The zero-order valence-electron chi connectivity index (χ0n) is 17.2. The SMILES string of the molecule is CO/N=C(/CC(=O)/N=C(\N)Cc1cc(Cl)c(NC(C)=O)c(Cl)c1)c1ccc(OC)cc1. The molecule has 0 saturated heterocycles. The molecule has 2 amide bonds. The van der Waals surface area contributed by atoms with Gasteiger partial charge in [0.25, 0.3) is 5.91 Å². The molecule has 0 heterocycles. The molecule has 0 radical (unpaired) electrons. The molecule has 3 N–H and O–H groups in total. The molecule has 0 aliphatic rings. The second-order valence-corrected chi connectivity index (χ2v) is 7.23. The van der Waals surface area contributed by atoms with E-state index in [2.05, 4.69) is 15.5 Å². The molecule has 0 unspecified atom stereocenters. The van der Waals surface area contributed by atoms with Gasteiger partial charge in [-0.05, 0) is 42.0 Å². The average molecular weight is 465 g/mol. The van der Waals surface area contributed by atoms with Crippen LogP contribution in [0.5, 0.6) is 5.75 Å². The van der Waals surface area contributed by atoms with Crippen LogP contribution in [0, 0.1) is 0 Å². The van der Waals surface area contributed by atoms with Gasteiger partial charge in [-0.1, -0.05) is 28.4 Å². The van der Waals surface area contributed by atoms with Crippen molar-refractivity contribution in [3.63, 3.8) is 0 Å².